The Balaban J connectivity index is 2.04. The molecule has 0 aromatic heterocycles. The lowest BCUT2D eigenvalue weighted by molar-refractivity contribution is 0.0431. The van der Waals surface area contributed by atoms with E-state index in [1.807, 2.05) is 0 Å². The van der Waals surface area contributed by atoms with E-state index in [1.54, 1.807) is 0 Å². The summed E-state index contributed by atoms with van der Waals surface area (Å²) in [5, 5.41) is 0. The molecule has 3 nitrogen and oxygen atoms in total. The molecular weight excluding hydrogens is 234 g/mol. The molecule has 3 heteroatoms. The van der Waals surface area contributed by atoms with Crippen molar-refractivity contribution in [3.05, 3.63) is 35.4 Å². The zero-order valence-electron chi connectivity index (χ0n) is 12.5. The highest BCUT2D eigenvalue weighted by molar-refractivity contribution is 5.21. The van der Waals surface area contributed by atoms with E-state index in [9.17, 15) is 0 Å². The van der Waals surface area contributed by atoms with E-state index in [-0.39, 0.29) is 0 Å². The number of nitrogens with zero attached hydrogens (tertiary/aromatic N) is 2. The van der Waals surface area contributed by atoms with Crippen LogP contribution < -0.4 is 5.73 Å². The first-order chi connectivity index (χ1) is 9.10. The fourth-order valence-corrected chi connectivity index (χ4v) is 2.84. The van der Waals surface area contributed by atoms with Crippen LogP contribution >= 0.6 is 0 Å². The summed E-state index contributed by atoms with van der Waals surface area (Å²) in [7, 11) is 2.22. The van der Waals surface area contributed by atoms with Crippen molar-refractivity contribution in [3.63, 3.8) is 0 Å². The molecule has 1 aliphatic heterocycles. The van der Waals surface area contributed by atoms with Crippen molar-refractivity contribution in [1.29, 1.82) is 0 Å². The van der Waals surface area contributed by atoms with Gasteiger partial charge in [0.25, 0.3) is 0 Å². The number of nitrogens with two attached hydrogens (primary N) is 1. The van der Waals surface area contributed by atoms with Crippen LogP contribution in [0.2, 0.25) is 0 Å². The van der Waals surface area contributed by atoms with Crippen LogP contribution in [0.4, 0.5) is 0 Å². The van der Waals surface area contributed by atoms with Crippen LogP contribution in [-0.2, 0) is 6.54 Å². The number of hydrogen-bond donors (Lipinski definition) is 1. The minimum atomic E-state index is 0.590. The lowest BCUT2D eigenvalue weighted by Crippen LogP contribution is -2.55. The highest BCUT2D eigenvalue weighted by atomic mass is 15.3. The average Bonchev–Trinajstić information content (AvgIpc) is 2.38. The summed E-state index contributed by atoms with van der Waals surface area (Å²) < 4.78 is 0. The minimum absolute atomic E-state index is 0.590. The third-order valence-corrected chi connectivity index (χ3v) is 4.27. The Kier molecular flexibility index (Phi) is 4.97. The lowest BCUT2D eigenvalue weighted by atomic mass is 10.0. The second-order valence-corrected chi connectivity index (χ2v) is 5.93. The molecule has 2 rings (SSSR count). The van der Waals surface area contributed by atoms with Crippen LogP contribution in [0.25, 0.3) is 0 Å². The number of aryl methyl sites for hydroxylation is 1. The van der Waals surface area contributed by atoms with Gasteiger partial charge in [-0.3, -0.25) is 4.90 Å². The van der Waals surface area contributed by atoms with Gasteiger partial charge < -0.3 is 10.6 Å². The van der Waals surface area contributed by atoms with Gasteiger partial charge in [-0.15, -0.1) is 0 Å². The smallest absolute Gasteiger partial charge is 0.0239 e. The third-order valence-electron chi connectivity index (χ3n) is 4.27. The number of benzene rings is 1. The second kappa shape index (κ2) is 6.51. The molecular formula is C16H27N3. The molecule has 19 heavy (non-hydrogen) atoms. The summed E-state index contributed by atoms with van der Waals surface area (Å²) in [5.74, 6) is 0. The topological polar surface area (TPSA) is 32.5 Å². The molecule has 2 atom stereocenters. The number of likely N-dealkylation sites (N-methyl/N-ethyl adjacent to an activating group) is 1. The molecule has 0 aliphatic carbocycles. The number of rotatable bonds is 4. The van der Waals surface area contributed by atoms with Gasteiger partial charge in [-0.05, 0) is 39.4 Å². The van der Waals surface area contributed by atoms with Crippen molar-refractivity contribution >= 4 is 0 Å². The van der Waals surface area contributed by atoms with E-state index in [4.69, 9.17) is 5.73 Å². The second-order valence-electron chi connectivity index (χ2n) is 5.93. The van der Waals surface area contributed by atoms with Crippen LogP contribution in [0.1, 0.15) is 24.5 Å². The zero-order chi connectivity index (χ0) is 13.8. The first kappa shape index (κ1) is 14.5. The average molecular weight is 261 g/mol. The van der Waals surface area contributed by atoms with E-state index < -0.39 is 0 Å². The molecule has 1 fully saturated rings. The fraction of sp³-hybridized carbons (Fsp3) is 0.625. The summed E-state index contributed by atoms with van der Waals surface area (Å²) in [6, 6.07) is 10.1. The Labute approximate surface area is 117 Å². The Bertz CT molecular complexity index is 387. The van der Waals surface area contributed by atoms with E-state index in [0.29, 0.717) is 12.1 Å². The van der Waals surface area contributed by atoms with Crippen molar-refractivity contribution in [1.82, 2.24) is 9.80 Å². The fourth-order valence-electron chi connectivity index (χ4n) is 2.84. The van der Waals surface area contributed by atoms with Gasteiger partial charge in [-0.2, -0.15) is 0 Å². The maximum Gasteiger partial charge on any atom is 0.0239 e. The Morgan fingerprint density at radius 2 is 1.89 bits per heavy atom. The molecule has 1 aromatic rings. The van der Waals surface area contributed by atoms with Crippen molar-refractivity contribution < 1.29 is 0 Å². The predicted octanol–water partition coefficient (Wildman–Crippen LogP) is 1.85. The maximum atomic E-state index is 5.77. The molecule has 0 bridgehead atoms. The molecule has 1 aromatic carbocycles. The van der Waals surface area contributed by atoms with Crippen LogP contribution in [-0.4, -0.2) is 48.6 Å². The summed E-state index contributed by atoms with van der Waals surface area (Å²) >= 11 is 0. The van der Waals surface area contributed by atoms with Gasteiger partial charge in [0.05, 0.1) is 0 Å². The Hall–Kier alpha value is -0.900. The van der Waals surface area contributed by atoms with Gasteiger partial charge in [0.1, 0.15) is 0 Å². The van der Waals surface area contributed by atoms with E-state index in [0.717, 1.165) is 32.6 Å². The lowest BCUT2D eigenvalue weighted by Gasteiger charge is -2.44. The molecule has 1 heterocycles. The monoisotopic (exact) mass is 261 g/mol. The Morgan fingerprint density at radius 3 is 2.53 bits per heavy atom. The minimum Gasteiger partial charge on any atom is -0.330 e. The predicted molar refractivity (Wildman–Crippen MR) is 81.1 cm³/mol. The molecule has 1 saturated heterocycles. The molecule has 2 N–H and O–H groups in total. The van der Waals surface area contributed by atoms with Gasteiger partial charge in [-0.1, -0.05) is 29.8 Å². The standard InChI is InChI=1S/C16H27N3/c1-13-4-6-15(7-5-13)11-19-10-14(2)18(3)12-16(19)8-9-17/h4-7,14,16H,8-12,17H2,1-3H3. The van der Waals surface area contributed by atoms with Crippen LogP contribution in [0.5, 0.6) is 0 Å². The first-order valence-electron chi connectivity index (χ1n) is 7.30. The van der Waals surface area contributed by atoms with Gasteiger partial charge in [-0.25, -0.2) is 0 Å². The molecule has 0 radical (unpaired) electrons. The van der Waals surface area contributed by atoms with Crippen molar-refractivity contribution in [2.45, 2.75) is 38.9 Å². The molecule has 1 aliphatic rings. The first-order valence-corrected chi connectivity index (χ1v) is 7.30. The zero-order valence-corrected chi connectivity index (χ0v) is 12.5. The molecule has 0 saturated carbocycles. The molecule has 0 spiro atoms. The Morgan fingerprint density at radius 1 is 1.21 bits per heavy atom. The SMILES string of the molecule is Cc1ccc(CN2CC(C)N(C)CC2CCN)cc1. The molecule has 106 valence electrons. The highest BCUT2D eigenvalue weighted by Crippen LogP contribution is 2.19. The van der Waals surface area contributed by atoms with Gasteiger partial charge in [0.15, 0.2) is 0 Å². The van der Waals surface area contributed by atoms with Gasteiger partial charge >= 0.3 is 0 Å². The van der Waals surface area contributed by atoms with Crippen molar-refractivity contribution in [2.75, 3.05) is 26.7 Å². The van der Waals surface area contributed by atoms with Crippen LogP contribution in [0.15, 0.2) is 24.3 Å². The van der Waals surface area contributed by atoms with Crippen LogP contribution in [0.3, 0.4) is 0 Å². The normalized spacial score (nSPS) is 25.7. The highest BCUT2D eigenvalue weighted by Gasteiger charge is 2.28. The summed E-state index contributed by atoms with van der Waals surface area (Å²) in [4.78, 5) is 5.05. The van der Waals surface area contributed by atoms with E-state index >= 15 is 0 Å². The third kappa shape index (κ3) is 3.78. The molecule has 0 amide bonds. The van der Waals surface area contributed by atoms with E-state index in [1.165, 1.54) is 11.1 Å². The summed E-state index contributed by atoms with van der Waals surface area (Å²) in [6.07, 6.45) is 1.09. The van der Waals surface area contributed by atoms with Crippen LogP contribution in [0, 0.1) is 6.92 Å². The largest absolute Gasteiger partial charge is 0.330 e. The van der Waals surface area contributed by atoms with E-state index in [2.05, 4.69) is 55.0 Å². The van der Waals surface area contributed by atoms with Gasteiger partial charge in [0, 0.05) is 31.7 Å². The summed E-state index contributed by atoms with van der Waals surface area (Å²) in [5.41, 5.74) is 8.50. The quantitative estimate of drug-likeness (QED) is 0.898. The maximum absolute atomic E-state index is 5.77. The van der Waals surface area contributed by atoms with Gasteiger partial charge in [0.2, 0.25) is 0 Å². The number of hydrogen-bond acceptors (Lipinski definition) is 3. The molecule has 2 unspecified atom stereocenters. The number of piperazine rings is 1. The van der Waals surface area contributed by atoms with Crippen molar-refractivity contribution in [3.8, 4) is 0 Å². The summed E-state index contributed by atoms with van der Waals surface area (Å²) in [6.45, 7) is 8.53. The van der Waals surface area contributed by atoms with Crippen molar-refractivity contribution in [2.24, 2.45) is 5.73 Å².